The number of nitrogens with zero attached hydrogens (tertiary/aromatic N) is 2. The topological polar surface area (TPSA) is 78.4 Å². The molecule has 2 aromatic heterocycles. The predicted molar refractivity (Wildman–Crippen MR) is 70.1 cm³/mol. The molecule has 0 saturated heterocycles. The molecule has 7 heteroatoms. The minimum Gasteiger partial charge on any atom is -0.465 e. The zero-order valence-electron chi connectivity index (χ0n) is 11.3. The predicted octanol–water partition coefficient (Wildman–Crippen LogP) is 1.71. The fourth-order valence-corrected chi connectivity index (χ4v) is 1.63. The summed E-state index contributed by atoms with van der Waals surface area (Å²) in [5.41, 5.74) is 1.67. The van der Waals surface area contributed by atoms with Crippen LogP contribution in [0.1, 0.15) is 20.7 Å². The molecule has 0 amide bonds. The number of hydrogen-bond donors (Lipinski definition) is 0. The minimum atomic E-state index is -0.460. The normalized spacial score (nSPS) is 9.43. The Kier molecular flexibility index (Phi) is 6.12. The van der Waals surface area contributed by atoms with Gasteiger partial charge in [-0.25, -0.2) is 9.59 Å². The molecule has 6 nitrogen and oxygen atoms in total. The van der Waals surface area contributed by atoms with Gasteiger partial charge in [0.1, 0.15) is 0 Å². The molecule has 0 bridgehead atoms. The fraction of sp³-hybridized carbons (Fsp3) is 0.143. The molecule has 0 N–H and O–H groups in total. The van der Waals surface area contributed by atoms with Crippen molar-refractivity contribution in [3.05, 3.63) is 47.8 Å². The van der Waals surface area contributed by atoms with Gasteiger partial charge in [-0.15, -0.1) is 0 Å². The SMILES string of the molecule is COC(=O)c1ccnc(-c2cc(C(=O)OC)ccn2)c1.[Ru]. The zero-order valence-corrected chi connectivity index (χ0v) is 13.1. The molecule has 0 fully saturated rings. The Hall–Kier alpha value is -2.14. The van der Waals surface area contributed by atoms with Crippen LogP contribution < -0.4 is 0 Å². The van der Waals surface area contributed by atoms with Crippen molar-refractivity contribution in [3.63, 3.8) is 0 Å². The summed E-state index contributed by atoms with van der Waals surface area (Å²) in [4.78, 5) is 31.2. The average Bonchev–Trinajstić information content (AvgIpc) is 2.53. The molecule has 0 spiro atoms. The van der Waals surface area contributed by atoms with E-state index in [2.05, 4.69) is 19.4 Å². The Morgan fingerprint density at radius 2 is 1.24 bits per heavy atom. The summed E-state index contributed by atoms with van der Waals surface area (Å²) < 4.78 is 9.29. The van der Waals surface area contributed by atoms with Crippen molar-refractivity contribution in [2.45, 2.75) is 0 Å². The first-order chi connectivity index (χ1) is 9.65. The van der Waals surface area contributed by atoms with Gasteiger partial charge in [0, 0.05) is 31.9 Å². The fourth-order valence-electron chi connectivity index (χ4n) is 1.63. The van der Waals surface area contributed by atoms with Crippen LogP contribution in [0, 0.1) is 0 Å². The van der Waals surface area contributed by atoms with E-state index in [9.17, 15) is 9.59 Å². The number of hydrogen-bond acceptors (Lipinski definition) is 6. The van der Waals surface area contributed by atoms with Gasteiger partial charge in [-0.3, -0.25) is 9.97 Å². The molecule has 0 saturated carbocycles. The number of methoxy groups -OCH3 is 2. The summed E-state index contributed by atoms with van der Waals surface area (Å²) in [6.45, 7) is 0. The van der Waals surface area contributed by atoms with E-state index in [-0.39, 0.29) is 19.5 Å². The van der Waals surface area contributed by atoms with Gasteiger partial charge in [0.25, 0.3) is 0 Å². The first-order valence-corrected chi connectivity index (χ1v) is 5.75. The third-order valence-corrected chi connectivity index (χ3v) is 2.62. The smallest absolute Gasteiger partial charge is 0.337 e. The van der Waals surface area contributed by atoms with E-state index < -0.39 is 11.9 Å². The maximum absolute atomic E-state index is 11.5. The number of carbonyl (C=O) groups excluding carboxylic acids is 2. The molecule has 0 unspecified atom stereocenters. The molecule has 0 aliphatic heterocycles. The Morgan fingerprint density at radius 1 is 0.857 bits per heavy atom. The van der Waals surface area contributed by atoms with E-state index in [1.54, 1.807) is 24.3 Å². The van der Waals surface area contributed by atoms with Gasteiger partial charge in [-0.1, -0.05) is 0 Å². The van der Waals surface area contributed by atoms with Crippen LogP contribution in [-0.2, 0) is 29.0 Å². The third kappa shape index (κ3) is 3.92. The van der Waals surface area contributed by atoms with Crippen LogP contribution >= 0.6 is 0 Å². The van der Waals surface area contributed by atoms with Crippen LogP contribution in [-0.4, -0.2) is 36.1 Å². The van der Waals surface area contributed by atoms with Gasteiger partial charge in [0.15, 0.2) is 0 Å². The Labute approximate surface area is 134 Å². The second kappa shape index (κ2) is 7.59. The minimum absolute atomic E-state index is 0. The van der Waals surface area contributed by atoms with Crippen molar-refractivity contribution in [2.75, 3.05) is 14.2 Å². The number of carbonyl (C=O) groups is 2. The molecular formula is C14H12N2O4Ru. The van der Waals surface area contributed by atoms with E-state index in [0.717, 1.165) is 0 Å². The molecule has 0 atom stereocenters. The summed E-state index contributed by atoms with van der Waals surface area (Å²) in [6.07, 6.45) is 2.96. The van der Waals surface area contributed by atoms with Crippen LogP contribution in [0.4, 0.5) is 0 Å². The van der Waals surface area contributed by atoms with Crippen LogP contribution in [0.15, 0.2) is 36.7 Å². The van der Waals surface area contributed by atoms with Crippen molar-refractivity contribution in [1.29, 1.82) is 0 Å². The maximum atomic E-state index is 11.5. The summed E-state index contributed by atoms with van der Waals surface area (Å²) in [5, 5.41) is 0. The number of pyridine rings is 2. The largest absolute Gasteiger partial charge is 0.465 e. The molecular weight excluding hydrogens is 361 g/mol. The van der Waals surface area contributed by atoms with Gasteiger partial charge >= 0.3 is 11.9 Å². The molecule has 0 radical (unpaired) electrons. The molecule has 110 valence electrons. The number of esters is 2. The maximum Gasteiger partial charge on any atom is 0.337 e. The van der Waals surface area contributed by atoms with Crippen molar-refractivity contribution in [3.8, 4) is 11.4 Å². The van der Waals surface area contributed by atoms with E-state index >= 15 is 0 Å². The molecule has 0 aliphatic rings. The molecule has 2 rings (SSSR count). The molecule has 2 heterocycles. The van der Waals surface area contributed by atoms with Gasteiger partial charge in [0.05, 0.1) is 36.7 Å². The summed E-state index contributed by atoms with van der Waals surface area (Å²) in [7, 11) is 2.61. The van der Waals surface area contributed by atoms with Gasteiger partial charge in [0.2, 0.25) is 0 Å². The van der Waals surface area contributed by atoms with Crippen LogP contribution in [0.2, 0.25) is 0 Å². The van der Waals surface area contributed by atoms with Gasteiger partial charge in [-0.2, -0.15) is 0 Å². The van der Waals surface area contributed by atoms with Crippen molar-refractivity contribution in [1.82, 2.24) is 9.97 Å². The first kappa shape index (κ1) is 16.9. The molecule has 21 heavy (non-hydrogen) atoms. The second-order valence-corrected chi connectivity index (χ2v) is 3.84. The molecule has 0 aromatic carbocycles. The Bertz CT molecular complexity index is 603. The first-order valence-electron chi connectivity index (χ1n) is 5.75. The zero-order chi connectivity index (χ0) is 14.5. The number of ether oxygens (including phenoxy) is 2. The van der Waals surface area contributed by atoms with Crippen molar-refractivity contribution in [2.24, 2.45) is 0 Å². The van der Waals surface area contributed by atoms with Crippen molar-refractivity contribution < 1.29 is 38.5 Å². The average molecular weight is 373 g/mol. The summed E-state index contributed by atoms with van der Waals surface area (Å²) >= 11 is 0. The second-order valence-electron chi connectivity index (χ2n) is 3.84. The van der Waals surface area contributed by atoms with Crippen LogP contribution in [0.25, 0.3) is 11.4 Å². The Morgan fingerprint density at radius 3 is 1.57 bits per heavy atom. The quantitative estimate of drug-likeness (QED) is 0.602. The molecule has 2 aromatic rings. The third-order valence-electron chi connectivity index (χ3n) is 2.62. The summed E-state index contributed by atoms with van der Waals surface area (Å²) in [6, 6.07) is 6.18. The number of aromatic nitrogens is 2. The molecule has 0 aliphatic carbocycles. The Balaban J connectivity index is 0.00000220. The van der Waals surface area contributed by atoms with E-state index in [4.69, 9.17) is 0 Å². The van der Waals surface area contributed by atoms with E-state index in [0.29, 0.717) is 22.5 Å². The van der Waals surface area contributed by atoms with E-state index in [1.807, 2.05) is 0 Å². The standard InChI is InChI=1S/C14H12N2O4.Ru/c1-19-13(17)9-3-5-15-11(7-9)12-8-10(4-6-16-12)14(18)20-2;/h3-8H,1-2H3;. The van der Waals surface area contributed by atoms with Crippen LogP contribution in [0.3, 0.4) is 0 Å². The summed E-state index contributed by atoms with van der Waals surface area (Å²) in [5.74, 6) is -0.921. The van der Waals surface area contributed by atoms with Gasteiger partial charge in [-0.05, 0) is 24.3 Å². The van der Waals surface area contributed by atoms with Crippen LogP contribution in [0.5, 0.6) is 0 Å². The monoisotopic (exact) mass is 374 g/mol. The van der Waals surface area contributed by atoms with Gasteiger partial charge < -0.3 is 9.47 Å². The van der Waals surface area contributed by atoms with Crippen molar-refractivity contribution >= 4 is 11.9 Å². The number of rotatable bonds is 3. The van der Waals surface area contributed by atoms with E-state index in [1.165, 1.54) is 26.6 Å².